The van der Waals surface area contributed by atoms with Crippen LogP contribution >= 0.6 is 0 Å². The van der Waals surface area contributed by atoms with E-state index < -0.39 is 0 Å². The molecule has 0 unspecified atom stereocenters. The van der Waals surface area contributed by atoms with Gasteiger partial charge < -0.3 is 14.4 Å². The first kappa shape index (κ1) is 11.6. The maximum absolute atomic E-state index is 6.02. The van der Waals surface area contributed by atoms with E-state index in [-0.39, 0.29) is 12.2 Å². The average Bonchev–Trinajstić information content (AvgIpc) is 2.30. The third kappa shape index (κ3) is 3.04. The Morgan fingerprint density at radius 3 is 2.62 bits per heavy atom. The monoisotopic (exact) mass is 221 g/mol. The van der Waals surface area contributed by atoms with Crippen LogP contribution in [0.15, 0.2) is 30.3 Å². The Balaban J connectivity index is 1.97. The summed E-state index contributed by atoms with van der Waals surface area (Å²) < 4.78 is 11.6. The number of likely N-dealkylation sites (N-methyl/N-ethyl adjacent to an activating group) is 1. The van der Waals surface area contributed by atoms with Crippen LogP contribution in [0.2, 0.25) is 0 Å². The summed E-state index contributed by atoms with van der Waals surface area (Å²) in [4.78, 5) is 2.13. The number of nitrogens with zero attached hydrogens (tertiary/aromatic N) is 1. The van der Waals surface area contributed by atoms with E-state index in [0.717, 1.165) is 6.54 Å². The predicted molar refractivity (Wildman–Crippen MR) is 63.4 cm³/mol. The second-order valence-electron chi connectivity index (χ2n) is 4.46. The minimum atomic E-state index is 0.0832. The molecule has 0 spiro atoms. The third-order valence-corrected chi connectivity index (χ3v) is 2.67. The van der Waals surface area contributed by atoms with Crippen LogP contribution in [0.5, 0.6) is 0 Å². The Bertz CT molecular complexity index is 313. The van der Waals surface area contributed by atoms with Crippen molar-refractivity contribution in [2.45, 2.75) is 12.2 Å². The molecule has 16 heavy (non-hydrogen) atoms. The second kappa shape index (κ2) is 5.43. The van der Waals surface area contributed by atoms with Crippen molar-refractivity contribution in [3.63, 3.8) is 0 Å². The summed E-state index contributed by atoms with van der Waals surface area (Å²) in [5, 5.41) is 0. The Hall–Kier alpha value is -0.900. The Labute approximate surface area is 97.0 Å². The molecule has 0 bridgehead atoms. The van der Waals surface area contributed by atoms with Gasteiger partial charge in [-0.05, 0) is 19.7 Å². The summed E-state index contributed by atoms with van der Waals surface area (Å²) in [6.45, 7) is 2.26. The van der Waals surface area contributed by atoms with Gasteiger partial charge in [-0.15, -0.1) is 0 Å². The fourth-order valence-electron chi connectivity index (χ4n) is 1.96. The van der Waals surface area contributed by atoms with Gasteiger partial charge in [0.25, 0.3) is 0 Å². The average molecular weight is 221 g/mol. The number of benzene rings is 1. The van der Waals surface area contributed by atoms with Gasteiger partial charge >= 0.3 is 0 Å². The number of hydrogen-bond donors (Lipinski definition) is 0. The Morgan fingerprint density at radius 1 is 1.19 bits per heavy atom. The van der Waals surface area contributed by atoms with Crippen LogP contribution in [0.25, 0.3) is 0 Å². The van der Waals surface area contributed by atoms with E-state index in [1.54, 1.807) is 0 Å². The molecule has 1 aromatic rings. The van der Waals surface area contributed by atoms with Crippen molar-refractivity contribution in [2.24, 2.45) is 0 Å². The fourth-order valence-corrected chi connectivity index (χ4v) is 1.96. The van der Waals surface area contributed by atoms with E-state index >= 15 is 0 Å². The van der Waals surface area contributed by atoms with E-state index in [2.05, 4.69) is 31.1 Å². The molecule has 1 heterocycles. The van der Waals surface area contributed by atoms with E-state index in [4.69, 9.17) is 9.47 Å². The Morgan fingerprint density at radius 2 is 1.94 bits per heavy atom. The molecule has 0 aliphatic carbocycles. The van der Waals surface area contributed by atoms with Crippen molar-refractivity contribution in [2.75, 3.05) is 33.9 Å². The van der Waals surface area contributed by atoms with Crippen LogP contribution in [0.3, 0.4) is 0 Å². The van der Waals surface area contributed by atoms with Gasteiger partial charge in [0.15, 0.2) is 0 Å². The van der Waals surface area contributed by atoms with Crippen molar-refractivity contribution >= 4 is 0 Å². The van der Waals surface area contributed by atoms with Gasteiger partial charge in [-0.25, -0.2) is 0 Å². The van der Waals surface area contributed by atoms with Gasteiger partial charge in [0.1, 0.15) is 6.10 Å². The maximum atomic E-state index is 6.02. The molecule has 1 aliphatic heterocycles. The van der Waals surface area contributed by atoms with Gasteiger partial charge in [0.05, 0.1) is 19.3 Å². The van der Waals surface area contributed by atoms with Gasteiger partial charge in [-0.1, -0.05) is 30.3 Å². The van der Waals surface area contributed by atoms with E-state index in [1.807, 2.05) is 18.2 Å². The summed E-state index contributed by atoms with van der Waals surface area (Å²) in [7, 11) is 4.10. The van der Waals surface area contributed by atoms with Crippen molar-refractivity contribution in [3.8, 4) is 0 Å². The van der Waals surface area contributed by atoms with Gasteiger partial charge in [0.2, 0.25) is 0 Å². The number of ether oxygens (including phenoxy) is 2. The molecule has 0 saturated carbocycles. The van der Waals surface area contributed by atoms with Crippen LogP contribution in [0.4, 0.5) is 0 Å². The minimum absolute atomic E-state index is 0.0832. The lowest BCUT2D eigenvalue weighted by molar-refractivity contribution is -0.144. The molecule has 2 rings (SSSR count). The number of hydrogen-bond acceptors (Lipinski definition) is 3. The lowest BCUT2D eigenvalue weighted by Crippen LogP contribution is -2.38. The summed E-state index contributed by atoms with van der Waals surface area (Å²) in [5.74, 6) is 0. The van der Waals surface area contributed by atoms with Crippen molar-refractivity contribution in [1.29, 1.82) is 0 Å². The smallest absolute Gasteiger partial charge is 0.106 e. The van der Waals surface area contributed by atoms with Crippen LogP contribution in [0, 0.1) is 0 Å². The molecule has 1 fully saturated rings. The molecule has 0 amide bonds. The quantitative estimate of drug-likeness (QED) is 0.775. The highest BCUT2D eigenvalue weighted by Crippen LogP contribution is 2.23. The van der Waals surface area contributed by atoms with E-state index in [9.17, 15) is 0 Å². The third-order valence-electron chi connectivity index (χ3n) is 2.67. The molecule has 2 atom stereocenters. The van der Waals surface area contributed by atoms with E-state index in [0.29, 0.717) is 13.2 Å². The first-order chi connectivity index (χ1) is 7.75. The maximum Gasteiger partial charge on any atom is 0.106 e. The molecule has 0 radical (unpaired) electrons. The van der Waals surface area contributed by atoms with Crippen molar-refractivity contribution < 1.29 is 9.47 Å². The first-order valence-corrected chi connectivity index (χ1v) is 5.68. The lowest BCUT2D eigenvalue weighted by atomic mass is 10.1. The zero-order chi connectivity index (χ0) is 11.4. The van der Waals surface area contributed by atoms with Crippen molar-refractivity contribution in [1.82, 2.24) is 4.90 Å². The molecule has 3 heteroatoms. The summed E-state index contributed by atoms with van der Waals surface area (Å²) in [6.07, 6.45) is 0.258. The van der Waals surface area contributed by atoms with Crippen molar-refractivity contribution in [3.05, 3.63) is 35.9 Å². The minimum Gasteiger partial charge on any atom is -0.376 e. The highest BCUT2D eigenvalue weighted by atomic mass is 16.6. The lowest BCUT2D eigenvalue weighted by Gasteiger charge is -2.32. The second-order valence-corrected chi connectivity index (χ2v) is 4.46. The van der Waals surface area contributed by atoms with E-state index in [1.165, 1.54) is 5.56 Å². The summed E-state index contributed by atoms with van der Waals surface area (Å²) in [6, 6.07) is 10.3. The molecule has 1 saturated heterocycles. The Kier molecular flexibility index (Phi) is 3.93. The summed E-state index contributed by atoms with van der Waals surface area (Å²) in [5.41, 5.74) is 1.20. The van der Waals surface area contributed by atoms with Gasteiger partial charge in [-0.3, -0.25) is 0 Å². The zero-order valence-corrected chi connectivity index (χ0v) is 9.93. The van der Waals surface area contributed by atoms with Crippen LogP contribution < -0.4 is 0 Å². The van der Waals surface area contributed by atoms with Gasteiger partial charge in [0, 0.05) is 6.54 Å². The highest BCUT2D eigenvalue weighted by Gasteiger charge is 2.24. The predicted octanol–water partition coefficient (Wildman–Crippen LogP) is 1.70. The molecule has 0 aromatic heterocycles. The molecule has 1 aromatic carbocycles. The number of rotatable bonds is 3. The highest BCUT2D eigenvalue weighted by molar-refractivity contribution is 5.18. The molecule has 3 nitrogen and oxygen atoms in total. The topological polar surface area (TPSA) is 21.7 Å². The molecule has 0 N–H and O–H groups in total. The molecule has 88 valence electrons. The fraction of sp³-hybridized carbons (Fsp3) is 0.538. The summed E-state index contributed by atoms with van der Waals surface area (Å²) >= 11 is 0. The van der Waals surface area contributed by atoms with Gasteiger partial charge in [-0.2, -0.15) is 0 Å². The zero-order valence-electron chi connectivity index (χ0n) is 9.93. The first-order valence-electron chi connectivity index (χ1n) is 5.68. The van der Waals surface area contributed by atoms with Crippen LogP contribution in [0.1, 0.15) is 11.7 Å². The van der Waals surface area contributed by atoms with Crippen LogP contribution in [-0.2, 0) is 9.47 Å². The molecule has 1 aliphatic rings. The normalized spacial score (nSPS) is 25.9. The molecular formula is C13H19NO2. The largest absolute Gasteiger partial charge is 0.376 e. The SMILES string of the molecule is CN(C)C[C@@H]1COC[C@H](c2ccccc2)O1. The van der Waals surface area contributed by atoms with Crippen LogP contribution in [-0.4, -0.2) is 44.9 Å². The molecular weight excluding hydrogens is 202 g/mol. The standard InChI is InChI=1S/C13H19NO2/c1-14(2)8-12-9-15-10-13(16-12)11-6-4-3-5-7-11/h3-7,12-13H,8-10H2,1-2H3/t12-,13-/m1/s1.